The van der Waals surface area contributed by atoms with E-state index in [1.54, 1.807) is 0 Å². The number of anilines is 1. The number of hydrogen-bond donors (Lipinski definition) is 1. The fourth-order valence-corrected chi connectivity index (χ4v) is 1.39. The fraction of sp³-hybridized carbons (Fsp3) is 0.500. The molecule has 1 aromatic heterocycles. The molecule has 6 heteroatoms. The van der Waals surface area contributed by atoms with Crippen LogP contribution in [0.3, 0.4) is 0 Å². The average Bonchev–Trinajstić information content (AvgIpc) is 2.36. The molecular formula is C6H8ClN3OS. The summed E-state index contributed by atoms with van der Waals surface area (Å²) >= 11 is 6.72. The summed E-state index contributed by atoms with van der Waals surface area (Å²) in [6.45, 7) is 1.83. The molecule has 0 unspecified atom stereocenters. The molecule has 0 saturated heterocycles. The fourth-order valence-electron chi connectivity index (χ4n) is 0.615. The lowest BCUT2D eigenvalue weighted by atomic mass is 10.5. The molecule has 0 atom stereocenters. The zero-order valence-electron chi connectivity index (χ0n) is 6.50. The zero-order valence-corrected chi connectivity index (χ0v) is 8.08. The molecule has 1 aromatic rings. The molecule has 12 heavy (non-hydrogen) atoms. The third-order valence-corrected chi connectivity index (χ3v) is 2.04. The number of carbonyl (C=O) groups excluding carboxylic acids is 1. The molecule has 0 saturated carbocycles. The van der Waals surface area contributed by atoms with Crippen LogP contribution in [0.1, 0.15) is 11.4 Å². The van der Waals surface area contributed by atoms with Crippen molar-refractivity contribution in [2.75, 3.05) is 11.2 Å². The molecule has 0 bridgehead atoms. The summed E-state index contributed by atoms with van der Waals surface area (Å²) in [4.78, 5) is 11.0. The lowest BCUT2D eigenvalue weighted by molar-refractivity contribution is -0.115. The third-order valence-electron chi connectivity index (χ3n) is 1.09. The minimum absolute atomic E-state index is 0.124. The predicted molar refractivity (Wildman–Crippen MR) is 48.6 cm³/mol. The van der Waals surface area contributed by atoms with Crippen molar-refractivity contribution in [3.63, 3.8) is 0 Å². The van der Waals surface area contributed by atoms with Crippen molar-refractivity contribution in [2.45, 2.75) is 13.3 Å². The van der Waals surface area contributed by atoms with Crippen molar-refractivity contribution in [3.8, 4) is 0 Å². The van der Waals surface area contributed by atoms with Gasteiger partial charge in [-0.05, 0) is 6.92 Å². The number of halogens is 1. The Morgan fingerprint density at radius 2 is 2.42 bits per heavy atom. The number of nitrogens with one attached hydrogen (secondary N) is 1. The van der Waals surface area contributed by atoms with Crippen molar-refractivity contribution in [3.05, 3.63) is 5.01 Å². The lowest BCUT2D eigenvalue weighted by Crippen LogP contribution is -2.11. The van der Waals surface area contributed by atoms with Crippen LogP contribution in [0.4, 0.5) is 5.13 Å². The number of carbonyl (C=O) groups is 1. The SMILES string of the molecule is Cc1nnc(NC(=O)CCCl)s1. The van der Waals surface area contributed by atoms with Gasteiger partial charge >= 0.3 is 0 Å². The molecular weight excluding hydrogens is 198 g/mol. The number of aromatic nitrogens is 2. The molecule has 0 fully saturated rings. The van der Waals surface area contributed by atoms with E-state index in [4.69, 9.17) is 11.6 Å². The van der Waals surface area contributed by atoms with Gasteiger partial charge in [0.15, 0.2) is 0 Å². The maximum atomic E-state index is 11.0. The lowest BCUT2D eigenvalue weighted by Gasteiger charge is -1.95. The Morgan fingerprint density at radius 1 is 1.67 bits per heavy atom. The van der Waals surface area contributed by atoms with E-state index >= 15 is 0 Å². The molecule has 66 valence electrons. The summed E-state index contributed by atoms with van der Waals surface area (Å²) in [6.07, 6.45) is 0.306. The minimum atomic E-state index is -0.124. The first-order valence-electron chi connectivity index (χ1n) is 3.38. The molecule has 1 amide bonds. The predicted octanol–water partition coefficient (Wildman–Crippen LogP) is 1.41. The van der Waals surface area contributed by atoms with Crippen molar-refractivity contribution in [1.29, 1.82) is 0 Å². The Kier molecular flexibility index (Phi) is 3.43. The number of rotatable bonds is 3. The van der Waals surface area contributed by atoms with Crippen LogP contribution < -0.4 is 5.32 Å². The molecule has 1 heterocycles. The summed E-state index contributed by atoms with van der Waals surface area (Å²) in [5.41, 5.74) is 0. The molecule has 0 radical (unpaired) electrons. The van der Waals surface area contributed by atoms with Gasteiger partial charge < -0.3 is 5.32 Å². The Balaban J connectivity index is 2.46. The molecule has 0 aromatic carbocycles. The topological polar surface area (TPSA) is 54.9 Å². The second-order valence-corrected chi connectivity index (χ2v) is 3.67. The van der Waals surface area contributed by atoms with Gasteiger partial charge in [0, 0.05) is 12.3 Å². The summed E-state index contributed by atoms with van der Waals surface area (Å²) in [7, 11) is 0. The molecule has 0 aliphatic carbocycles. The Labute approximate surface area is 79.0 Å². The molecule has 1 rings (SSSR count). The van der Waals surface area contributed by atoms with Gasteiger partial charge in [0.05, 0.1) is 0 Å². The van der Waals surface area contributed by atoms with Crippen molar-refractivity contribution in [1.82, 2.24) is 10.2 Å². The van der Waals surface area contributed by atoms with Crippen LogP contribution in [-0.2, 0) is 4.79 Å². The summed E-state index contributed by atoms with van der Waals surface area (Å²) in [6, 6.07) is 0. The van der Waals surface area contributed by atoms with Crippen LogP contribution in [0.15, 0.2) is 0 Å². The smallest absolute Gasteiger partial charge is 0.227 e. The molecule has 0 aliphatic rings. The van der Waals surface area contributed by atoms with E-state index in [0.717, 1.165) is 5.01 Å². The van der Waals surface area contributed by atoms with Crippen LogP contribution in [0.25, 0.3) is 0 Å². The van der Waals surface area contributed by atoms with Crippen LogP contribution in [0.2, 0.25) is 0 Å². The van der Waals surface area contributed by atoms with Gasteiger partial charge in [-0.2, -0.15) is 0 Å². The highest BCUT2D eigenvalue weighted by Crippen LogP contribution is 2.13. The van der Waals surface area contributed by atoms with Crippen molar-refractivity contribution >= 4 is 34.0 Å². The number of nitrogens with zero attached hydrogens (tertiary/aromatic N) is 2. The quantitative estimate of drug-likeness (QED) is 0.760. The van der Waals surface area contributed by atoms with Gasteiger partial charge in [-0.3, -0.25) is 4.79 Å². The third kappa shape index (κ3) is 2.75. The highest BCUT2D eigenvalue weighted by Gasteiger charge is 2.04. The van der Waals surface area contributed by atoms with E-state index in [2.05, 4.69) is 15.5 Å². The Hall–Kier alpha value is -0.680. The van der Waals surface area contributed by atoms with Gasteiger partial charge in [0.25, 0.3) is 0 Å². The van der Waals surface area contributed by atoms with E-state index in [9.17, 15) is 4.79 Å². The van der Waals surface area contributed by atoms with Crippen LogP contribution >= 0.6 is 22.9 Å². The first-order valence-corrected chi connectivity index (χ1v) is 4.73. The van der Waals surface area contributed by atoms with Crippen LogP contribution in [-0.4, -0.2) is 22.0 Å². The standard InChI is InChI=1S/C6H8ClN3OS/c1-4-9-10-6(12-4)8-5(11)2-3-7/h2-3H2,1H3,(H,8,10,11). The zero-order chi connectivity index (χ0) is 8.97. The van der Waals surface area contributed by atoms with Gasteiger partial charge in [-0.15, -0.1) is 21.8 Å². The minimum Gasteiger partial charge on any atom is -0.300 e. The second-order valence-electron chi connectivity index (χ2n) is 2.11. The number of amides is 1. The Bertz CT molecular complexity index is 276. The van der Waals surface area contributed by atoms with E-state index in [1.165, 1.54) is 11.3 Å². The van der Waals surface area contributed by atoms with E-state index in [0.29, 0.717) is 17.4 Å². The maximum absolute atomic E-state index is 11.0. The second kappa shape index (κ2) is 4.37. The average molecular weight is 206 g/mol. The van der Waals surface area contributed by atoms with E-state index in [-0.39, 0.29) is 5.91 Å². The largest absolute Gasteiger partial charge is 0.300 e. The van der Waals surface area contributed by atoms with Crippen molar-refractivity contribution in [2.24, 2.45) is 0 Å². The number of hydrogen-bond acceptors (Lipinski definition) is 4. The van der Waals surface area contributed by atoms with E-state index < -0.39 is 0 Å². The first kappa shape index (κ1) is 9.41. The molecule has 0 spiro atoms. The van der Waals surface area contributed by atoms with Crippen LogP contribution in [0.5, 0.6) is 0 Å². The monoisotopic (exact) mass is 205 g/mol. The molecule has 0 aliphatic heterocycles. The van der Waals surface area contributed by atoms with Crippen molar-refractivity contribution < 1.29 is 4.79 Å². The number of alkyl halides is 1. The van der Waals surface area contributed by atoms with Gasteiger partial charge in [0.2, 0.25) is 11.0 Å². The Morgan fingerprint density at radius 3 is 2.92 bits per heavy atom. The summed E-state index contributed by atoms with van der Waals surface area (Å²) in [5.74, 6) is 0.199. The maximum Gasteiger partial charge on any atom is 0.227 e. The first-order chi connectivity index (χ1) is 5.72. The van der Waals surface area contributed by atoms with Gasteiger partial charge in [-0.25, -0.2) is 0 Å². The highest BCUT2D eigenvalue weighted by atomic mass is 35.5. The molecule has 1 N–H and O–H groups in total. The van der Waals surface area contributed by atoms with Gasteiger partial charge in [-0.1, -0.05) is 11.3 Å². The van der Waals surface area contributed by atoms with E-state index in [1.807, 2.05) is 6.92 Å². The number of aryl methyl sites for hydroxylation is 1. The van der Waals surface area contributed by atoms with Gasteiger partial charge in [0.1, 0.15) is 5.01 Å². The summed E-state index contributed by atoms with van der Waals surface area (Å²) in [5, 5.41) is 11.4. The highest BCUT2D eigenvalue weighted by molar-refractivity contribution is 7.15. The normalized spacial score (nSPS) is 9.83. The summed E-state index contributed by atoms with van der Waals surface area (Å²) < 4.78 is 0. The van der Waals surface area contributed by atoms with Crippen LogP contribution in [0, 0.1) is 6.92 Å². The molecule has 4 nitrogen and oxygen atoms in total.